The van der Waals surface area contributed by atoms with Crippen molar-refractivity contribution in [2.75, 3.05) is 0 Å². The molecule has 1 aromatic carbocycles. The van der Waals surface area contributed by atoms with E-state index in [1.165, 1.54) is 0 Å². The summed E-state index contributed by atoms with van der Waals surface area (Å²) in [7, 11) is 0. The molecule has 0 aliphatic heterocycles. The molecule has 0 amide bonds. The minimum Gasteiger partial charge on any atom is -0.291 e. The van der Waals surface area contributed by atoms with Gasteiger partial charge >= 0.3 is 29.6 Å². The molecule has 0 aliphatic carbocycles. The van der Waals surface area contributed by atoms with Crippen molar-refractivity contribution in [3.63, 3.8) is 0 Å². The first-order chi connectivity index (χ1) is 4.55. The summed E-state index contributed by atoms with van der Waals surface area (Å²) < 4.78 is 58.9. The molecule has 0 radical (unpaired) electrons. The van der Waals surface area contributed by atoms with E-state index in [4.69, 9.17) is 0 Å². The molecule has 0 spiro atoms. The van der Waals surface area contributed by atoms with Crippen molar-refractivity contribution in [2.45, 2.75) is 0 Å². The predicted molar refractivity (Wildman–Crippen MR) is 21.8 cm³/mol. The third kappa shape index (κ3) is 1.60. The summed E-state index contributed by atoms with van der Waals surface area (Å²) in [6.45, 7) is 0. The summed E-state index contributed by atoms with van der Waals surface area (Å²) in [5.74, 6) is -10.6. The molecule has 0 bridgehead atoms. The molecule has 56 valence electrons. The first-order valence-corrected chi connectivity index (χ1v) is 2.19. The molecule has 0 N–H and O–H groups in total. The molecule has 0 nitrogen and oxygen atoms in total. The molecule has 0 unspecified atom stereocenters. The van der Waals surface area contributed by atoms with Crippen LogP contribution in [0.4, 0.5) is 22.0 Å². The van der Waals surface area contributed by atoms with Crippen molar-refractivity contribution in [1.29, 1.82) is 0 Å². The van der Waals surface area contributed by atoms with Crippen LogP contribution in [-0.2, 0) is 0 Å². The van der Waals surface area contributed by atoms with Crippen LogP contribution in [0.5, 0.6) is 0 Å². The zero-order valence-electron chi connectivity index (χ0n) is 5.39. The molecule has 1 rings (SSSR count). The van der Waals surface area contributed by atoms with Crippen molar-refractivity contribution in [2.24, 2.45) is 0 Å². The molecule has 11 heavy (non-hydrogen) atoms. The SMILES string of the molecule is Fc1c(F)c(F)[c-](F)c1F.[Na+]. The van der Waals surface area contributed by atoms with Crippen LogP contribution in [-0.4, -0.2) is 0 Å². The number of rotatable bonds is 0. The van der Waals surface area contributed by atoms with Gasteiger partial charge in [0.1, 0.15) is 0 Å². The monoisotopic (exact) mass is 178 g/mol. The van der Waals surface area contributed by atoms with E-state index >= 15 is 0 Å². The zero-order valence-corrected chi connectivity index (χ0v) is 7.39. The van der Waals surface area contributed by atoms with Crippen LogP contribution in [0.25, 0.3) is 0 Å². The quantitative estimate of drug-likeness (QED) is 0.274. The van der Waals surface area contributed by atoms with Gasteiger partial charge in [0, 0.05) is 11.6 Å². The number of halogens is 5. The second-order valence-corrected chi connectivity index (χ2v) is 1.57. The molecule has 0 aliphatic rings. The minimum atomic E-state index is -2.12. The Morgan fingerprint density at radius 2 is 1.09 bits per heavy atom. The van der Waals surface area contributed by atoms with E-state index in [1.54, 1.807) is 0 Å². The molecule has 0 saturated heterocycles. The largest absolute Gasteiger partial charge is 1.00 e. The number of hydrogen-bond acceptors (Lipinski definition) is 0. The minimum absolute atomic E-state index is 0. The van der Waals surface area contributed by atoms with Crippen LogP contribution in [0.3, 0.4) is 0 Å². The van der Waals surface area contributed by atoms with Gasteiger partial charge in [-0.25, -0.2) is 8.78 Å². The van der Waals surface area contributed by atoms with Gasteiger partial charge in [0.25, 0.3) is 0 Å². The van der Waals surface area contributed by atoms with Crippen LogP contribution in [0.1, 0.15) is 0 Å². The molecule has 0 aromatic heterocycles. The van der Waals surface area contributed by atoms with Crippen LogP contribution in [0.15, 0.2) is 0 Å². The van der Waals surface area contributed by atoms with E-state index in [9.17, 15) is 22.0 Å². The molecule has 0 saturated carbocycles. The van der Waals surface area contributed by atoms with Crippen molar-refractivity contribution >= 4 is 0 Å². The van der Waals surface area contributed by atoms with Gasteiger partial charge in [-0.05, 0) is 0 Å². The number of hydrogen-bond donors (Lipinski definition) is 0. The average molecular weight is 178 g/mol. The fraction of sp³-hybridized carbons (Fsp3) is 0. The van der Waals surface area contributed by atoms with Crippen LogP contribution < -0.4 is 29.6 Å². The van der Waals surface area contributed by atoms with Gasteiger partial charge in [0.15, 0.2) is 0 Å². The van der Waals surface area contributed by atoms with Crippen molar-refractivity contribution in [3.05, 3.63) is 29.1 Å². The van der Waals surface area contributed by atoms with Gasteiger partial charge in [0.05, 0.1) is 17.5 Å². The Labute approximate surface area is 80.7 Å². The van der Waals surface area contributed by atoms with Crippen LogP contribution >= 0.6 is 0 Å². The summed E-state index contributed by atoms with van der Waals surface area (Å²) in [6.07, 6.45) is 0. The van der Waals surface area contributed by atoms with E-state index in [1.807, 2.05) is 0 Å². The molecule has 1 aromatic rings. The smallest absolute Gasteiger partial charge is 0.291 e. The van der Waals surface area contributed by atoms with Gasteiger partial charge in [-0.3, -0.25) is 13.2 Å². The van der Waals surface area contributed by atoms with Crippen molar-refractivity contribution in [3.8, 4) is 0 Å². The van der Waals surface area contributed by atoms with Gasteiger partial charge in [-0.2, -0.15) is 0 Å². The van der Waals surface area contributed by atoms with Crippen LogP contribution in [0, 0.1) is 29.1 Å². The Hall–Kier alpha value is 0. The fourth-order valence-electron chi connectivity index (χ4n) is 0.482. The summed E-state index contributed by atoms with van der Waals surface area (Å²) >= 11 is 0. The Morgan fingerprint density at radius 3 is 1.18 bits per heavy atom. The van der Waals surface area contributed by atoms with E-state index in [2.05, 4.69) is 0 Å². The Balaban J connectivity index is 0.000001000. The summed E-state index contributed by atoms with van der Waals surface area (Å²) in [5, 5.41) is 0. The molecular weight excluding hydrogens is 178 g/mol. The Bertz CT molecular complexity index is 186. The van der Waals surface area contributed by atoms with E-state index in [0.717, 1.165) is 0 Å². The molecule has 6 heteroatoms. The van der Waals surface area contributed by atoms with E-state index in [0.29, 0.717) is 0 Å². The fourth-order valence-corrected chi connectivity index (χ4v) is 0.482. The maximum absolute atomic E-state index is 11.8. The van der Waals surface area contributed by atoms with E-state index in [-0.39, 0.29) is 29.6 Å². The normalized spacial score (nSPS) is 9.55. The summed E-state index contributed by atoms with van der Waals surface area (Å²) in [4.78, 5) is 0. The first-order valence-electron chi connectivity index (χ1n) is 2.19. The van der Waals surface area contributed by atoms with Crippen molar-refractivity contribution in [1.82, 2.24) is 0 Å². The summed E-state index contributed by atoms with van der Waals surface area (Å²) in [6, 6.07) is 0. The average Bonchev–Trinajstić information content (AvgIpc) is 2.07. The standard InChI is InChI=1S/C5F5.Na/c6-1-2(7)4(9)5(10)3(1)8;/q-1;+1. The van der Waals surface area contributed by atoms with Gasteiger partial charge in [-0.1, -0.05) is 0 Å². The molecule has 0 atom stereocenters. The summed E-state index contributed by atoms with van der Waals surface area (Å²) in [5.41, 5.74) is 0. The van der Waals surface area contributed by atoms with E-state index < -0.39 is 29.1 Å². The molecule has 0 fully saturated rings. The third-order valence-electron chi connectivity index (χ3n) is 0.964. The molecular formula is C5F5Na. The van der Waals surface area contributed by atoms with Crippen LogP contribution in [0.2, 0.25) is 0 Å². The Kier molecular flexibility index (Phi) is 3.60. The van der Waals surface area contributed by atoms with Crippen molar-refractivity contribution < 1.29 is 51.5 Å². The van der Waals surface area contributed by atoms with Gasteiger partial charge < -0.3 is 0 Å². The topological polar surface area (TPSA) is 0 Å². The maximum Gasteiger partial charge on any atom is 1.00 e. The predicted octanol–water partition coefficient (Wildman–Crippen LogP) is -0.895. The molecule has 0 heterocycles. The second kappa shape index (κ2) is 3.60. The third-order valence-corrected chi connectivity index (χ3v) is 0.964. The maximum atomic E-state index is 11.8. The Morgan fingerprint density at radius 1 is 0.818 bits per heavy atom. The first kappa shape index (κ1) is 11.0. The second-order valence-electron chi connectivity index (χ2n) is 1.57. The zero-order chi connectivity index (χ0) is 7.89. The van der Waals surface area contributed by atoms with Gasteiger partial charge in [0.2, 0.25) is 0 Å². The van der Waals surface area contributed by atoms with Gasteiger partial charge in [-0.15, -0.1) is 0 Å².